The van der Waals surface area contributed by atoms with Gasteiger partial charge in [0.15, 0.2) is 11.5 Å². The van der Waals surface area contributed by atoms with E-state index in [4.69, 9.17) is 20.9 Å². The number of halogens is 1. The van der Waals surface area contributed by atoms with Crippen molar-refractivity contribution >= 4 is 17.5 Å². The lowest BCUT2D eigenvalue weighted by atomic mass is 10.2. The van der Waals surface area contributed by atoms with Crippen LogP contribution in [0.1, 0.15) is 34.7 Å². The summed E-state index contributed by atoms with van der Waals surface area (Å²) in [5.41, 5.74) is 1.20. The average Bonchev–Trinajstić information content (AvgIpc) is 3.25. The van der Waals surface area contributed by atoms with Crippen LogP contribution in [0.3, 0.4) is 0 Å². The van der Waals surface area contributed by atoms with Gasteiger partial charge in [0.1, 0.15) is 0 Å². The first-order valence-corrected chi connectivity index (χ1v) is 8.39. The summed E-state index contributed by atoms with van der Waals surface area (Å²) in [4.78, 5) is 12.1. The van der Waals surface area contributed by atoms with Gasteiger partial charge in [0.25, 0.3) is 5.91 Å². The lowest BCUT2D eigenvalue weighted by Crippen LogP contribution is -2.25. The Labute approximate surface area is 145 Å². The molecular formula is C17H20ClN3O3. The molecule has 1 aliphatic rings. The Balaban J connectivity index is 1.44. The van der Waals surface area contributed by atoms with E-state index < -0.39 is 0 Å². The maximum Gasteiger partial charge on any atom is 0.273 e. The Kier molecular flexibility index (Phi) is 5.85. The van der Waals surface area contributed by atoms with Gasteiger partial charge in [-0.25, -0.2) is 0 Å². The Morgan fingerprint density at radius 3 is 3.04 bits per heavy atom. The van der Waals surface area contributed by atoms with E-state index in [-0.39, 0.29) is 17.7 Å². The van der Waals surface area contributed by atoms with E-state index >= 15 is 0 Å². The van der Waals surface area contributed by atoms with Gasteiger partial charge in [0.2, 0.25) is 0 Å². The standard InChI is InChI=1S/C17H20ClN3O3/c18-13-4-1-3-12(7-13)9-20-17(22)16-8-15(24-21-16)11-19-10-14-5-2-6-23-14/h1,3-4,7-8,14,19H,2,5-6,9-11H2,(H,20,22). The van der Waals surface area contributed by atoms with E-state index in [9.17, 15) is 4.79 Å². The van der Waals surface area contributed by atoms with Crippen LogP contribution in [0.4, 0.5) is 0 Å². The fraction of sp³-hybridized carbons (Fsp3) is 0.412. The second kappa shape index (κ2) is 8.28. The Morgan fingerprint density at radius 2 is 2.25 bits per heavy atom. The molecule has 0 spiro atoms. The van der Waals surface area contributed by atoms with Gasteiger partial charge < -0.3 is 19.9 Å². The minimum atomic E-state index is -0.274. The highest BCUT2D eigenvalue weighted by molar-refractivity contribution is 6.30. The molecule has 1 fully saturated rings. The van der Waals surface area contributed by atoms with Crippen molar-refractivity contribution in [3.63, 3.8) is 0 Å². The van der Waals surface area contributed by atoms with Gasteiger partial charge in [0.05, 0.1) is 12.6 Å². The number of nitrogens with one attached hydrogen (secondary N) is 2. The summed E-state index contributed by atoms with van der Waals surface area (Å²) >= 11 is 5.92. The van der Waals surface area contributed by atoms with Crippen LogP contribution in [0.5, 0.6) is 0 Å². The number of hydrogen-bond acceptors (Lipinski definition) is 5. The van der Waals surface area contributed by atoms with Crippen LogP contribution < -0.4 is 10.6 Å². The fourth-order valence-electron chi connectivity index (χ4n) is 2.58. The van der Waals surface area contributed by atoms with E-state index in [1.807, 2.05) is 18.2 Å². The molecule has 1 saturated heterocycles. The molecule has 1 unspecified atom stereocenters. The maximum absolute atomic E-state index is 12.1. The summed E-state index contributed by atoms with van der Waals surface area (Å²) in [6.45, 7) is 2.52. The monoisotopic (exact) mass is 349 g/mol. The predicted octanol–water partition coefficient (Wildman–Crippen LogP) is 2.53. The molecule has 6 nitrogen and oxygen atoms in total. The smallest absolute Gasteiger partial charge is 0.273 e. The van der Waals surface area contributed by atoms with Gasteiger partial charge >= 0.3 is 0 Å². The second-order valence-electron chi connectivity index (χ2n) is 5.76. The van der Waals surface area contributed by atoms with Crippen LogP contribution >= 0.6 is 11.6 Å². The first-order chi connectivity index (χ1) is 11.7. The van der Waals surface area contributed by atoms with Gasteiger partial charge in [0, 0.05) is 30.8 Å². The number of carbonyl (C=O) groups excluding carboxylic acids is 1. The second-order valence-corrected chi connectivity index (χ2v) is 6.19. The number of amides is 1. The molecule has 128 valence electrons. The number of aromatic nitrogens is 1. The highest BCUT2D eigenvalue weighted by Crippen LogP contribution is 2.12. The Morgan fingerprint density at radius 1 is 1.33 bits per heavy atom. The van der Waals surface area contributed by atoms with Crippen molar-refractivity contribution in [3.8, 4) is 0 Å². The third kappa shape index (κ3) is 4.80. The number of carbonyl (C=O) groups is 1. The van der Waals surface area contributed by atoms with Gasteiger partial charge in [-0.3, -0.25) is 4.79 Å². The number of ether oxygens (including phenoxy) is 1. The van der Waals surface area contributed by atoms with Gasteiger partial charge in [-0.15, -0.1) is 0 Å². The van der Waals surface area contributed by atoms with Crippen molar-refractivity contribution in [3.05, 3.63) is 52.4 Å². The van der Waals surface area contributed by atoms with Gasteiger partial charge in [-0.1, -0.05) is 28.9 Å². The van der Waals surface area contributed by atoms with Crippen LogP contribution in [-0.2, 0) is 17.8 Å². The molecule has 24 heavy (non-hydrogen) atoms. The SMILES string of the molecule is O=C(NCc1cccc(Cl)c1)c1cc(CNCC2CCCO2)on1. The highest BCUT2D eigenvalue weighted by atomic mass is 35.5. The molecule has 0 bridgehead atoms. The zero-order valence-corrected chi connectivity index (χ0v) is 14.0. The zero-order valence-electron chi connectivity index (χ0n) is 13.3. The molecule has 7 heteroatoms. The molecule has 2 heterocycles. The summed E-state index contributed by atoms with van der Waals surface area (Å²) in [5, 5.41) is 10.5. The topological polar surface area (TPSA) is 76.4 Å². The van der Waals surface area contributed by atoms with Crippen molar-refractivity contribution in [2.75, 3.05) is 13.2 Å². The van der Waals surface area contributed by atoms with Crippen LogP contribution in [0, 0.1) is 0 Å². The lowest BCUT2D eigenvalue weighted by Gasteiger charge is -2.08. The first-order valence-electron chi connectivity index (χ1n) is 8.01. The van der Waals surface area contributed by atoms with E-state index in [2.05, 4.69) is 15.8 Å². The van der Waals surface area contributed by atoms with Crippen molar-refractivity contribution in [2.24, 2.45) is 0 Å². The van der Waals surface area contributed by atoms with Crippen LogP contribution in [-0.4, -0.2) is 30.3 Å². The average molecular weight is 350 g/mol. The molecule has 1 aromatic heterocycles. The third-order valence-electron chi connectivity index (χ3n) is 3.83. The third-order valence-corrected chi connectivity index (χ3v) is 4.06. The lowest BCUT2D eigenvalue weighted by molar-refractivity contribution is 0.0941. The van der Waals surface area contributed by atoms with Crippen LogP contribution in [0.25, 0.3) is 0 Å². The number of benzene rings is 1. The molecule has 1 atom stereocenters. The summed E-state index contributed by atoms with van der Waals surface area (Å²) < 4.78 is 10.7. The molecule has 3 rings (SSSR count). The van der Waals surface area contributed by atoms with Crippen LogP contribution in [0.2, 0.25) is 5.02 Å². The first kappa shape index (κ1) is 17.0. The maximum atomic E-state index is 12.1. The van der Waals surface area contributed by atoms with E-state index in [1.165, 1.54) is 0 Å². The molecule has 1 aliphatic heterocycles. The largest absolute Gasteiger partial charge is 0.377 e. The molecule has 0 radical (unpaired) electrons. The summed E-state index contributed by atoms with van der Waals surface area (Å²) in [6, 6.07) is 8.99. The van der Waals surface area contributed by atoms with Crippen molar-refractivity contribution < 1.29 is 14.1 Å². The predicted molar refractivity (Wildman–Crippen MR) is 89.8 cm³/mol. The van der Waals surface area contributed by atoms with E-state index in [1.54, 1.807) is 12.1 Å². The molecule has 1 amide bonds. The molecule has 1 aromatic carbocycles. The van der Waals surface area contributed by atoms with E-state index in [0.29, 0.717) is 23.9 Å². The zero-order chi connectivity index (χ0) is 16.8. The summed E-state index contributed by atoms with van der Waals surface area (Å²) in [7, 11) is 0. The minimum Gasteiger partial charge on any atom is -0.377 e. The minimum absolute atomic E-state index is 0.269. The Hall–Kier alpha value is -1.89. The molecule has 0 aliphatic carbocycles. The molecule has 2 N–H and O–H groups in total. The quantitative estimate of drug-likeness (QED) is 0.803. The molecule has 0 saturated carbocycles. The summed E-state index contributed by atoms with van der Waals surface area (Å²) in [5.74, 6) is 0.352. The van der Waals surface area contributed by atoms with Crippen LogP contribution in [0.15, 0.2) is 34.9 Å². The van der Waals surface area contributed by atoms with Crippen molar-refractivity contribution in [1.82, 2.24) is 15.8 Å². The van der Waals surface area contributed by atoms with Crippen molar-refractivity contribution in [1.29, 1.82) is 0 Å². The fourth-order valence-corrected chi connectivity index (χ4v) is 2.80. The van der Waals surface area contributed by atoms with E-state index in [0.717, 1.165) is 31.6 Å². The van der Waals surface area contributed by atoms with Gasteiger partial charge in [-0.05, 0) is 30.5 Å². The normalized spacial score (nSPS) is 17.1. The molecule has 2 aromatic rings. The molecular weight excluding hydrogens is 330 g/mol. The van der Waals surface area contributed by atoms with Crippen molar-refractivity contribution in [2.45, 2.75) is 32.0 Å². The van der Waals surface area contributed by atoms with Gasteiger partial charge in [-0.2, -0.15) is 0 Å². The highest BCUT2D eigenvalue weighted by Gasteiger charge is 2.16. The number of hydrogen-bond donors (Lipinski definition) is 2. The number of rotatable bonds is 7. The Bertz CT molecular complexity index is 683. The number of nitrogens with zero attached hydrogens (tertiary/aromatic N) is 1. The summed E-state index contributed by atoms with van der Waals surface area (Å²) in [6.07, 6.45) is 2.47.